The second-order valence-electron chi connectivity index (χ2n) is 4.75. The second kappa shape index (κ2) is 5.65. The van der Waals surface area contributed by atoms with E-state index in [-0.39, 0.29) is 0 Å². The Morgan fingerprint density at radius 1 is 1.50 bits per heavy atom. The zero-order valence-corrected chi connectivity index (χ0v) is 11.0. The van der Waals surface area contributed by atoms with E-state index in [4.69, 9.17) is 0 Å². The van der Waals surface area contributed by atoms with E-state index in [1.165, 1.54) is 29.7 Å². The third-order valence-corrected chi connectivity index (χ3v) is 4.59. The fourth-order valence-corrected chi connectivity index (χ4v) is 3.27. The van der Waals surface area contributed by atoms with E-state index in [2.05, 4.69) is 42.8 Å². The summed E-state index contributed by atoms with van der Waals surface area (Å²) < 4.78 is 0. The van der Waals surface area contributed by atoms with E-state index < -0.39 is 0 Å². The first-order valence-electron chi connectivity index (χ1n) is 6.19. The molecule has 2 atom stereocenters. The lowest BCUT2D eigenvalue weighted by Gasteiger charge is -2.21. The normalized spacial score (nSPS) is 22.2. The van der Waals surface area contributed by atoms with Gasteiger partial charge in [-0.2, -0.15) is 0 Å². The molecule has 2 heteroatoms. The van der Waals surface area contributed by atoms with Crippen molar-refractivity contribution >= 4 is 11.3 Å². The van der Waals surface area contributed by atoms with Crippen LogP contribution in [-0.4, -0.2) is 6.54 Å². The smallest absolute Gasteiger partial charge is 0.0388 e. The summed E-state index contributed by atoms with van der Waals surface area (Å²) in [5.41, 5.74) is 1.42. The SMILES string of the molecule is Cc1ccsc1C(C)NCC1CC=CCC1. The van der Waals surface area contributed by atoms with Gasteiger partial charge in [-0.1, -0.05) is 12.2 Å². The number of allylic oxidation sites excluding steroid dienone is 2. The fraction of sp³-hybridized carbons (Fsp3) is 0.571. The highest BCUT2D eigenvalue weighted by molar-refractivity contribution is 7.10. The molecule has 1 heterocycles. The number of thiophene rings is 1. The zero-order chi connectivity index (χ0) is 11.4. The van der Waals surface area contributed by atoms with Crippen LogP contribution in [0.4, 0.5) is 0 Å². The van der Waals surface area contributed by atoms with Crippen LogP contribution >= 0.6 is 11.3 Å². The lowest BCUT2D eigenvalue weighted by molar-refractivity contribution is 0.417. The molecule has 1 aliphatic carbocycles. The summed E-state index contributed by atoms with van der Waals surface area (Å²) in [5, 5.41) is 5.86. The van der Waals surface area contributed by atoms with Crippen LogP contribution in [0.2, 0.25) is 0 Å². The lowest BCUT2D eigenvalue weighted by Crippen LogP contribution is -2.26. The van der Waals surface area contributed by atoms with Gasteiger partial charge in [0, 0.05) is 10.9 Å². The summed E-state index contributed by atoms with van der Waals surface area (Å²) in [7, 11) is 0. The Bertz CT molecular complexity index is 353. The van der Waals surface area contributed by atoms with Gasteiger partial charge < -0.3 is 5.32 Å². The van der Waals surface area contributed by atoms with Crippen molar-refractivity contribution in [2.75, 3.05) is 6.54 Å². The largest absolute Gasteiger partial charge is 0.309 e. The summed E-state index contributed by atoms with van der Waals surface area (Å²) in [5.74, 6) is 0.840. The zero-order valence-electron chi connectivity index (χ0n) is 10.2. The van der Waals surface area contributed by atoms with Gasteiger partial charge in [0.15, 0.2) is 0 Å². The molecule has 2 unspecified atom stereocenters. The Kier molecular flexibility index (Phi) is 4.19. The number of nitrogens with one attached hydrogen (secondary N) is 1. The average Bonchev–Trinajstić information content (AvgIpc) is 2.74. The molecule has 0 spiro atoms. The van der Waals surface area contributed by atoms with Crippen LogP contribution in [-0.2, 0) is 0 Å². The van der Waals surface area contributed by atoms with Gasteiger partial charge in [-0.05, 0) is 62.6 Å². The molecule has 1 aromatic heterocycles. The molecule has 1 N–H and O–H groups in total. The van der Waals surface area contributed by atoms with Crippen molar-refractivity contribution in [1.82, 2.24) is 5.32 Å². The summed E-state index contributed by atoms with van der Waals surface area (Å²) >= 11 is 1.87. The van der Waals surface area contributed by atoms with Gasteiger partial charge in [0.25, 0.3) is 0 Å². The first-order valence-corrected chi connectivity index (χ1v) is 7.07. The third-order valence-electron chi connectivity index (χ3n) is 3.39. The predicted molar refractivity (Wildman–Crippen MR) is 72.0 cm³/mol. The third kappa shape index (κ3) is 2.96. The van der Waals surface area contributed by atoms with Crippen LogP contribution in [0.5, 0.6) is 0 Å². The highest BCUT2D eigenvalue weighted by Gasteiger charge is 2.13. The minimum Gasteiger partial charge on any atom is -0.309 e. The molecule has 0 saturated carbocycles. The van der Waals surface area contributed by atoms with Crippen molar-refractivity contribution in [3.63, 3.8) is 0 Å². The maximum absolute atomic E-state index is 3.67. The van der Waals surface area contributed by atoms with Gasteiger partial charge in [0.05, 0.1) is 0 Å². The molecule has 1 aromatic rings. The van der Waals surface area contributed by atoms with E-state index in [1.54, 1.807) is 0 Å². The molecule has 0 aliphatic heterocycles. The fourth-order valence-electron chi connectivity index (χ4n) is 2.31. The first kappa shape index (κ1) is 11.9. The van der Waals surface area contributed by atoms with Crippen LogP contribution in [0.1, 0.15) is 42.7 Å². The summed E-state index contributed by atoms with van der Waals surface area (Å²) in [4.78, 5) is 1.49. The van der Waals surface area contributed by atoms with Crippen molar-refractivity contribution in [2.24, 2.45) is 5.92 Å². The lowest BCUT2D eigenvalue weighted by atomic mass is 9.94. The molecular formula is C14H21NS. The molecule has 1 aliphatic rings. The Hall–Kier alpha value is -0.600. The van der Waals surface area contributed by atoms with E-state index >= 15 is 0 Å². The van der Waals surface area contributed by atoms with Crippen LogP contribution in [0.3, 0.4) is 0 Å². The maximum Gasteiger partial charge on any atom is 0.0388 e. The number of hydrogen-bond donors (Lipinski definition) is 1. The van der Waals surface area contributed by atoms with Gasteiger partial charge in [0.1, 0.15) is 0 Å². The van der Waals surface area contributed by atoms with Crippen LogP contribution in [0.15, 0.2) is 23.6 Å². The molecular weight excluding hydrogens is 214 g/mol. The van der Waals surface area contributed by atoms with Crippen molar-refractivity contribution in [2.45, 2.75) is 39.2 Å². The molecule has 0 bridgehead atoms. The molecule has 88 valence electrons. The van der Waals surface area contributed by atoms with Crippen molar-refractivity contribution in [3.8, 4) is 0 Å². The molecule has 16 heavy (non-hydrogen) atoms. The highest BCUT2D eigenvalue weighted by atomic mass is 32.1. The molecule has 0 saturated heterocycles. The molecule has 2 rings (SSSR count). The van der Waals surface area contributed by atoms with Crippen molar-refractivity contribution in [3.05, 3.63) is 34.0 Å². The van der Waals surface area contributed by atoms with Crippen LogP contribution in [0, 0.1) is 12.8 Å². The Balaban J connectivity index is 1.81. The summed E-state index contributed by atoms with van der Waals surface area (Å²) in [6.45, 7) is 5.63. The van der Waals surface area contributed by atoms with Crippen LogP contribution < -0.4 is 5.32 Å². The molecule has 1 nitrogen and oxygen atoms in total. The predicted octanol–water partition coefficient (Wildman–Crippen LogP) is 4.06. The van der Waals surface area contributed by atoms with E-state index in [0.29, 0.717) is 6.04 Å². The maximum atomic E-state index is 3.67. The quantitative estimate of drug-likeness (QED) is 0.776. The second-order valence-corrected chi connectivity index (χ2v) is 5.70. The summed E-state index contributed by atoms with van der Waals surface area (Å²) in [6, 6.07) is 2.72. The standard InChI is InChI=1S/C14H21NS/c1-11-8-9-16-14(11)12(2)15-10-13-6-4-3-5-7-13/h3-4,8-9,12-13,15H,5-7,10H2,1-2H3. The Labute approximate surface area is 103 Å². The average molecular weight is 235 g/mol. The number of aryl methyl sites for hydroxylation is 1. The summed E-state index contributed by atoms with van der Waals surface area (Å²) in [6.07, 6.45) is 8.50. The molecule has 0 radical (unpaired) electrons. The van der Waals surface area contributed by atoms with Crippen molar-refractivity contribution < 1.29 is 0 Å². The van der Waals surface area contributed by atoms with Gasteiger partial charge >= 0.3 is 0 Å². The van der Waals surface area contributed by atoms with E-state index in [9.17, 15) is 0 Å². The van der Waals surface area contributed by atoms with Gasteiger partial charge in [0.2, 0.25) is 0 Å². The van der Waals surface area contributed by atoms with Crippen LogP contribution in [0.25, 0.3) is 0 Å². The van der Waals surface area contributed by atoms with Gasteiger partial charge in [-0.15, -0.1) is 11.3 Å². The first-order chi connectivity index (χ1) is 7.77. The number of hydrogen-bond acceptors (Lipinski definition) is 2. The van der Waals surface area contributed by atoms with E-state index in [0.717, 1.165) is 12.5 Å². The minimum absolute atomic E-state index is 0.505. The number of rotatable bonds is 4. The molecule has 0 aromatic carbocycles. The Morgan fingerprint density at radius 3 is 3.00 bits per heavy atom. The minimum atomic E-state index is 0.505. The molecule has 0 fully saturated rings. The highest BCUT2D eigenvalue weighted by Crippen LogP contribution is 2.24. The Morgan fingerprint density at radius 2 is 2.38 bits per heavy atom. The monoisotopic (exact) mass is 235 g/mol. The van der Waals surface area contributed by atoms with E-state index in [1.807, 2.05) is 11.3 Å². The van der Waals surface area contributed by atoms with Gasteiger partial charge in [-0.3, -0.25) is 0 Å². The topological polar surface area (TPSA) is 12.0 Å². The van der Waals surface area contributed by atoms with Gasteiger partial charge in [-0.25, -0.2) is 0 Å². The van der Waals surface area contributed by atoms with Crippen molar-refractivity contribution in [1.29, 1.82) is 0 Å². The molecule has 0 amide bonds.